The summed E-state index contributed by atoms with van der Waals surface area (Å²) < 4.78 is 0. The lowest BCUT2D eigenvalue weighted by molar-refractivity contribution is -0.105. The number of aliphatic hydroxyl groups is 1. The number of hydrogen-bond acceptors (Lipinski definition) is 2. The highest BCUT2D eigenvalue weighted by molar-refractivity contribution is 5.75. The summed E-state index contributed by atoms with van der Waals surface area (Å²) in [5, 5.41) is 10.3. The minimum Gasteiger partial charge on any atom is -0.388 e. The zero-order valence-corrected chi connectivity index (χ0v) is 14.4. The SMILES string of the molecule is C/C1=C\C[C@H](O)/C(C=O)=C/[C@@H]2[C@H](CC/C(C)=C/CC1)C2(C)C. The number of aliphatic hydroxyl groups excluding tert-OH is 1. The van der Waals surface area contributed by atoms with Gasteiger partial charge in [-0.1, -0.05) is 43.2 Å². The molecule has 0 aromatic rings. The van der Waals surface area contributed by atoms with Gasteiger partial charge in [0, 0.05) is 5.57 Å². The van der Waals surface area contributed by atoms with Crippen molar-refractivity contribution in [3.05, 3.63) is 34.9 Å². The van der Waals surface area contributed by atoms with Gasteiger partial charge in [0.25, 0.3) is 0 Å². The Morgan fingerprint density at radius 1 is 1.18 bits per heavy atom. The van der Waals surface area contributed by atoms with Crippen molar-refractivity contribution in [2.45, 2.75) is 65.9 Å². The molecule has 0 amide bonds. The van der Waals surface area contributed by atoms with Gasteiger partial charge in [-0.25, -0.2) is 0 Å². The first kappa shape index (κ1) is 17.2. The molecule has 1 saturated carbocycles. The molecule has 22 heavy (non-hydrogen) atoms. The van der Waals surface area contributed by atoms with Gasteiger partial charge in [0.15, 0.2) is 0 Å². The van der Waals surface area contributed by atoms with Crippen molar-refractivity contribution in [3.63, 3.8) is 0 Å². The fourth-order valence-electron chi connectivity index (χ4n) is 3.69. The molecular weight excluding hydrogens is 272 g/mol. The molecule has 0 unspecified atom stereocenters. The molecule has 0 saturated heterocycles. The van der Waals surface area contributed by atoms with Crippen LogP contribution in [0.5, 0.6) is 0 Å². The lowest BCUT2D eigenvalue weighted by atomic mass is 10.0. The number of rotatable bonds is 1. The number of allylic oxidation sites excluding steroid dienone is 4. The number of carbonyl (C=O) groups is 1. The summed E-state index contributed by atoms with van der Waals surface area (Å²) in [6.45, 7) is 8.88. The van der Waals surface area contributed by atoms with E-state index < -0.39 is 6.10 Å². The molecule has 0 radical (unpaired) electrons. The van der Waals surface area contributed by atoms with Crippen LogP contribution in [0.25, 0.3) is 0 Å². The Morgan fingerprint density at radius 3 is 2.55 bits per heavy atom. The zero-order chi connectivity index (χ0) is 16.3. The van der Waals surface area contributed by atoms with E-state index in [-0.39, 0.29) is 5.41 Å². The molecule has 0 spiro atoms. The minimum atomic E-state index is -0.662. The van der Waals surface area contributed by atoms with Crippen LogP contribution in [0.3, 0.4) is 0 Å². The van der Waals surface area contributed by atoms with Gasteiger partial charge in [0.05, 0.1) is 6.10 Å². The summed E-state index contributed by atoms with van der Waals surface area (Å²) in [6.07, 6.45) is 11.6. The molecule has 2 aliphatic rings. The highest BCUT2D eigenvalue weighted by Gasteiger charge is 2.55. The molecule has 1 N–H and O–H groups in total. The van der Waals surface area contributed by atoms with Crippen molar-refractivity contribution >= 4 is 6.29 Å². The first-order valence-corrected chi connectivity index (χ1v) is 8.52. The second-order valence-electron chi connectivity index (χ2n) is 7.67. The maximum Gasteiger partial charge on any atom is 0.148 e. The highest BCUT2D eigenvalue weighted by atomic mass is 16.3. The van der Waals surface area contributed by atoms with Gasteiger partial charge in [-0.3, -0.25) is 4.79 Å². The Labute approximate surface area is 135 Å². The van der Waals surface area contributed by atoms with Crippen molar-refractivity contribution in [3.8, 4) is 0 Å². The maximum atomic E-state index is 11.4. The van der Waals surface area contributed by atoms with E-state index in [0.29, 0.717) is 23.8 Å². The van der Waals surface area contributed by atoms with Gasteiger partial charge < -0.3 is 5.11 Å². The molecule has 0 aromatic carbocycles. The van der Waals surface area contributed by atoms with E-state index in [1.807, 2.05) is 6.08 Å². The van der Waals surface area contributed by atoms with Crippen molar-refractivity contribution in [2.75, 3.05) is 0 Å². The standard InChI is InChI=1S/C20H30O2/c1-14-6-5-7-15(2)9-11-19(22)16(13-21)12-18-17(10-8-14)20(18,3)4/h6,9,12-13,17-19,22H,5,7-8,10-11H2,1-4H3/b14-6+,15-9+,16-12+/t17-,18+,19-/m0/s1. The van der Waals surface area contributed by atoms with Crippen LogP contribution >= 0.6 is 0 Å². The third kappa shape index (κ3) is 3.98. The average molecular weight is 302 g/mol. The van der Waals surface area contributed by atoms with Gasteiger partial charge >= 0.3 is 0 Å². The van der Waals surface area contributed by atoms with E-state index in [2.05, 4.69) is 39.8 Å². The quantitative estimate of drug-likeness (QED) is 0.567. The lowest BCUT2D eigenvalue weighted by Crippen LogP contribution is -2.11. The molecule has 3 atom stereocenters. The van der Waals surface area contributed by atoms with Crippen molar-refractivity contribution in [1.29, 1.82) is 0 Å². The Kier molecular flexibility index (Phi) is 5.44. The van der Waals surface area contributed by atoms with E-state index in [4.69, 9.17) is 0 Å². The van der Waals surface area contributed by atoms with E-state index >= 15 is 0 Å². The Balaban J connectivity index is 2.22. The van der Waals surface area contributed by atoms with Crippen LogP contribution in [0.15, 0.2) is 34.9 Å². The predicted molar refractivity (Wildman–Crippen MR) is 91.5 cm³/mol. The lowest BCUT2D eigenvalue weighted by Gasteiger charge is -2.10. The first-order chi connectivity index (χ1) is 10.4. The van der Waals surface area contributed by atoms with Crippen LogP contribution in [0.4, 0.5) is 0 Å². The summed E-state index contributed by atoms with van der Waals surface area (Å²) in [5.41, 5.74) is 3.58. The Hall–Kier alpha value is -1.15. The second kappa shape index (κ2) is 6.95. The summed E-state index contributed by atoms with van der Waals surface area (Å²) in [7, 11) is 0. The van der Waals surface area contributed by atoms with Crippen LogP contribution in [-0.2, 0) is 4.79 Å². The van der Waals surface area contributed by atoms with E-state index in [0.717, 1.165) is 25.5 Å². The zero-order valence-electron chi connectivity index (χ0n) is 14.4. The maximum absolute atomic E-state index is 11.4. The number of carbonyl (C=O) groups excluding carboxylic acids is 1. The molecule has 1 fully saturated rings. The van der Waals surface area contributed by atoms with Crippen LogP contribution < -0.4 is 0 Å². The largest absolute Gasteiger partial charge is 0.388 e. The smallest absolute Gasteiger partial charge is 0.148 e. The topological polar surface area (TPSA) is 37.3 Å². The monoisotopic (exact) mass is 302 g/mol. The average Bonchev–Trinajstić information content (AvgIpc) is 2.99. The van der Waals surface area contributed by atoms with E-state index in [1.165, 1.54) is 17.6 Å². The third-order valence-corrected chi connectivity index (χ3v) is 5.60. The third-order valence-electron chi connectivity index (χ3n) is 5.60. The highest BCUT2D eigenvalue weighted by Crippen LogP contribution is 2.61. The Bertz CT molecular complexity index is 508. The van der Waals surface area contributed by atoms with Gasteiger partial charge in [0.1, 0.15) is 6.29 Å². The first-order valence-electron chi connectivity index (χ1n) is 8.52. The molecule has 0 heterocycles. The number of fused-ring (bicyclic) bond motifs is 1. The van der Waals surface area contributed by atoms with Gasteiger partial charge in [-0.2, -0.15) is 0 Å². The van der Waals surface area contributed by atoms with Crippen LogP contribution in [-0.4, -0.2) is 17.5 Å². The van der Waals surface area contributed by atoms with Crippen molar-refractivity contribution in [1.82, 2.24) is 0 Å². The molecule has 0 aliphatic heterocycles. The molecule has 0 aromatic heterocycles. The summed E-state index contributed by atoms with van der Waals surface area (Å²) in [6, 6.07) is 0. The number of aldehydes is 1. The van der Waals surface area contributed by atoms with E-state index in [9.17, 15) is 9.90 Å². The molecule has 2 nitrogen and oxygen atoms in total. The van der Waals surface area contributed by atoms with E-state index in [1.54, 1.807) is 0 Å². The molecule has 0 bridgehead atoms. The summed E-state index contributed by atoms with van der Waals surface area (Å²) in [4.78, 5) is 11.4. The van der Waals surface area contributed by atoms with Crippen molar-refractivity contribution in [2.24, 2.45) is 17.3 Å². The molecule has 122 valence electrons. The van der Waals surface area contributed by atoms with Crippen LogP contribution in [0.1, 0.15) is 59.8 Å². The van der Waals surface area contributed by atoms with Gasteiger partial charge in [0.2, 0.25) is 0 Å². The minimum absolute atomic E-state index is 0.250. The molecular formula is C20H30O2. The summed E-state index contributed by atoms with van der Waals surface area (Å²) >= 11 is 0. The normalized spacial score (nSPS) is 39.9. The Morgan fingerprint density at radius 2 is 1.86 bits per heavy atom. The second-order valence-corrected chi connectivity index (χ2v) is 7.67. The fourth-order valence-corrected chi connectivity index (χ4v) is 3.69. The van der Waals surface area contributed by atoms with Gasteiger partial charge in [-0.15, -0.1) is 0 Å². The van der Waals surface area contributed by atoms with Crippen molar-refractivity contribution < 1.29 is 9.90 Å². The number of hydrogen-bond donors (Lipinski definition) is 1. The molecule has 2 heteroatoms. The van der Waals surface area contributed by atoms with Gasteiger partial charge in [-0.05, 0) is 63.2 Å². The fraction of sp³-hybridized carbons (Fsp3) is 0.650. The van der Waals surface area contributed by atoms with Crippen LogP contribution in [0.2, 0.25) is 0 Å². The predicted octanol–water partition coefficient (Wildman–Crippen LogP) is 4.60. The summed E-state index contributed by atoms with van der Waals surface area (Å²) in [5.74, 6) is 1.04. The van der Waals surface area contributed by atoms with Crippen LogP contribution in [0, 0.1) is 17.3 Å². The molecule has 2 rings (SSSR count). The molecule has 2 aliphatic carbocycles.